The lowest BCUT2D eigenvalue weighted by Crippen LogP contribution is -2.57. The highest BCUT2D eigenvalue weighted by Gasteiger charge is 2.40. The zero-order valence-electron chi connectivity index (χ0n) is 11.6. The zero-order valence-corrected chi connectivity index (χ0v) is 13.2. The normalized spacial score (nSPS) is 18.4. The number of ether oxygens (including phenoxy) is 1. The second-order valence-corrected chi connectivity index (χ2v) is 6.41. The summed E-state index contributed by atoms with van der Waals surface area (Å²) in [7, 11) is 0. The molecule has 1 aliphatic heterocycles. The number of hydrogen-bond acceptors (Lipinski definition) is 4. The van der Waals surface area contributed by atoms with Crippen molar-refractivity contribution in [3.05, 3.63) is 10.7 Å². The van der Waals surface area contributed by atoms with Crippen LogP contribution in [0.1, 0.15) is 27.2 Å². The van der Waals surface area contributed by atoms with E-state index in [1.54, 1.807) is 27.0 Å². The predicted octanol–water partition coefficient (Wildman–Crippen LogP) is 2.12. The zero-order chi connectivity index (χ0) is 14.9. The number of carbonyl (C=O) groups is 2. The first-order valence-corrected chi connectivity index (χ1v) is 7.06. The molecule has 7 nitrogen and oxygen atoms in total. The number of nitrogens with one attached hydrogen (secondary N) is 2. The van der Waals surface area contributed by atoms with Crippen molar-refractivity contribution in [3.63, 3.8) is 0 Å². The Morgan fingerprint density at radius 3 is 2.70 bits per heavy atom. The number of hydrogen-bond donors (Lipinski definition) is 2. The van der Waals surface area contributed by atoms with E-state index in [2.05, 4.69) is 31.4 Å². The molecule has 8 heteroatoms. The number of rotatable bonds is 2. The second kappa shape index (κ2) is 5.43. The molecule has 0 unspecified atom stereocenters. The summed E-state index contributed by atoms with van der Waals surface area (Å²) in [4.78, 5) is 25.4. The van der Waals surface area contributed by atoms with Gasteiger partial charge in [-0.15, -0.1) is 0 Å². The van der Waals surface area contributed by atoms with Crippen molar-refractivity contribution in [1.29, 1.82) is 0 Å². The van der Waals surface area contributed by atoms with Gasteiger partial charge < -0.3 is 10.1 Å². The van der Waals surface area contributed by atoms with Crippen LogP contribution in [0.4, 0.5) is 10.6 Å². The van der Waals surface area contributed by atoms with Crippen molar-refractivity contribution in [1.82, 2.24) is 15.1 Å². The highest BCUT2D eigenvalue weighted by Crippen LogP contribution is 2.24. The van der Waals surface area contributed by atoms with Crippen LogP contribution in [-0.4, -0.2) is 45.3 Å². The molecule has 0 spiro atoms. The third-order valence-corrected chi connectivity index (χ3v) is 3.39. The van der Waals surface area contributed by atoms with E-state index in [9.17, 15) is 9.59 Å². The summed E-state index contributed by atoms with van der Waals surface area (Å²) in [6.07, 6.45) is 1.70. The standard InChI is InChI=1S/C12H17BrN4O3/c1-12(2,3)20-11(19)17-5-4-8(17)10(18)15-9-7(13)6-14-16-9/h6,8H,4-5H2,1-3H3,(H2,14,15,16,18)/t8-/m1/s1. The van der Waals surface area contributed by atoms with Gasteiger partial charge in [-0.2, -0.15) is 5.10 Å². The number of amides is 2. The van der Waals surface area contributed by atoms with Crippen LogP contribution >= 0.6 is 15.9 Å². The monoisotopic (exact) mass is 344 g/mol. The molecule has 1 saturated heterocycles. The maximum absolute atomic E-state index is 12.1. The molecule has 2 N–H and O–H groups in total. The molecule has 1 aliphatic rings. The van der Waals surface area contributed by atoms with Gasteiger partial charge in [-0.1, -0.05) is 0 Å². The summed E-state index contributed by atoms with van der Waals surface area (Å²) in [6.45, 7) is 5.90. The number of nitrogens with zero attached hydrogens (tertiary/aromatic N) is 2. The van der Waals surface area contributed by atoms with E-state index in [1.165, 1.54) is 4.90 Å². The van der Waals surface area contributed by atoms with Crippen LogP contribution in [0.3, 0.4) is 0 Å². The van der Waals surface area contributed by atoms with E-state index in [0.717, 1.165) is 0 Å². The minimum atomic E-state index is -0.569. The first-order chi connectivity index (χ1) is 9.28. The fourth-order valence-electron chi connectivity index (χ4n) is 1.76. The summed E-state index contributed by atoms with van der Waals surface area (Å²) in [5.41, 5.74) is -0.569. The van der Waals surface area contributed by atoms with Gasteiger partial charge in [0.05, 0.1) is 10.7 Å². The number of halogens is 1. The molecule has 1 aromatic rings. The Morgan fingerprint density at radius 1 is 1.55 bits per heavy atom. The van der Waals surface area contributed by atoms with Gasteiger partial charge in [0.2, 0.25) is 5.91 Å². The summed E-state index contributed by atoms with van der Waals surface area (Å²) >= 11 is 3.25. The lowest BCUT2D eigenvalue weighted by atomic mass is 10.0. The van der Waals surface area contributed by atoms with Gasteiger partial charge in [-0.25, -0.2) is 4.79 Å². The topological polar surface area (TPSA) is 87.3 Å². The molecule has 0 aliphatic carbocycles. The van der Waals surface area contributed by atoms with Gasteiger partial charge in [-0.3, -0.25) is 14.8 Å². The van der Waals surface area contributed by atoms with E-state index < -0.39 is 17.7 Å². The fraction of sp³-hybridized carbons (Fsp3) is 0.583. The van der Waals surface area contributed by atoms with Crippen molar-refractivity contribution in [3.8, 4) is 0 Å². The van der Waals surface area contributed by atoms with Gasteiger partial charge >= 0.3 is 6.09 Å². The van der Waals surface area contributed by atoms with Crippen molar-refractivity contribution < 1.29 is 14.3 Å². The molecule has 0 saturated carbocycles. The van der Waals surface area contributed by atoms with Gasteiger partial charge in [0, 0.05) is 6.54 Å². The molecule has 2 amide bonds. The Morgan fingerprint density at radius 2 is 2.25 bits per heavy atom. The molecular weight excluding hydrogens is 328 g/mol. The summed E-state index contributed by atoms with van der Waals surface area (Å²) in [5.74, 6) is 0.220. The largest absolute Gasteiger partial charge is 0.444 e. The van der Waals surface area contributed by atoms with E-state index >= 15 is 0 Å². The number of aromatic nitrogens is 2. The Hall–Kier alpha value is -1.57. The molecule has 2 rings (SSSR count). The minimum absolute atomic E-state index is 0.257. The summed E-state index contributed by atoms with van der Waals surface area (Å²) in [6, 6.07) is -0.500. The van der Waals surface area contributed by atoms with Crippen LogP contribution in [0.15, 0.2) is 10.7 Å². The van der Waals surface area contributed by atoms with E-state index in [4.69, 9.17) is 4.74 Å². The molecule has 0 aromatic carbocycles. The Balaban J connectivity index is 1.95. The molecular formula is C12H17BrN4O3. The van der Waals surface area contributed by atoms with Gasteiger partial charge in [-0.05, 0) is 43.1 Å². The van der Waals surface area contributed by atoms with Crippen LogP contribution in [0.25, 0.3) is 0 Å². The third-order valence-electron chi connectivity index (χ3n) is 2.79. The maximum Gasteiger partial charge on any atom is 0.410 e. The first kappa shape index (κ1) is 14.8. The van der Waals surface area contributed by atoms with Crippen molar-refractivity contribution >= 4 is 33.7 Å². The molecule has 1 atom stereocenters. The fourth-order valence-corrected chi connectivity index (χ4v) is 2.05. The number of anilines is 1. The number of carbonyl (C=O) groups excluding carboxylic acids is 2. The molecule has 20 heavy (non-hydrogen) atoms. The highest BCUT2D eigenvalue weighted by molar-refractivity contribution is 9.10. The lowest BCUT2D eigenvalue weighted by molar-refractivity contribution is -0.125. The highest BCUT2D eigenvalue weighted by atomic mass is 79.9. The van der Waals surface area contributed by atoms with Gasteiger partial charge in [0.15, 0.2) is 0 Å². The van der Waals surface area contributed by atoms with Crippen LogP contribution < -0.4 is 5.32 Å². The molecule has 2 heterocycles. The van der Waals surface area contributed by atoms with E-state index in [1.807, 2.05) is 0 Å². The quantitative estimate of drug-likeness (QED) is 0.860. The lowest BCUT2D eigenvalue weighted by Gasteiger charge is -2.40. The summed E-state index contributed by atoms with van der Waals surface area (Å²) in [5, 5.41) is 9.13. The molecule has 1 fully saturated rings. The smallest absolute Gasteiger partial charge is 0.410 e. The second-order valence-electron chi connectivity index (χ2n) is 5.56. The predicted molar refractivity (Wildman–Crippen MR) is 76.3 cm³/mol. The van der Waals surface area contributed by atoms with Crippen LogP contribution in [0, 0.1) is 0 Å². The van der Waals surface area contributed by atoms with Crippen molar-refractivity contribution in [2.45, 2.75) is 38.8 Å². The molecule has 110 valence electrons. The van der Waals surface area contributed by atoms with E-state index in [0.29, 0.717) is 23.3 Å². The van der Waals surface area contributed by atoms with Crippen LogP contribution in [-0.2, 0) is 9.53 Å². The molecule has 0 bridgehead atoms. The van der Waals surface area contributed by atoms with Crippen LogP contribution in [0.5, 0.6) is 0 Å². The average Bonchev–Trinajstić information content (AvgIpc) is 2.59. The SMILES string of the molecule is CC(C)(C)OC(=O)N1CC[C@@H]1C(=O)Nc1[nH]ncc1Br. The van der Waals surface area contributed by atoms with E-state index in [-0.39, 0.29) is 5.91 Å². The van der Waals surface area contributed by atoms with Crippen molar-refractivity contribution in [2.75, 3.05) is 11.9 Å². The van der Waals surface area contributed by atoms with Crippen LogP contribution in [0.2, 0.25) is 0 Å². The summed E-state index contributed by atoms with van der Waals surface area (Å²) < 4.78 is 5.92. The molecule has 1 aromatic heterocycles. The minimum Gasteiger partial charge on any atom is -0.444 e. The number of likely N-dealkylation sites (tertiary alicyclic amines) is 1. The Labute approximate surface area is 125 Å². The molecule has 0 radical (unpaired) electrons. The van der Waals surface area contributed by atoms with Gasteiger partial charge in [0.1, 0.15) is 17.5 Å². The number of H-pyrrole nitrogens is 1. The van der Waals surface area contributed by atoms with Gasteiger partial charge in [0.25, 0.3) is 0 Å². The Bertz CT molecular complexity index is 523. The van der Waals surface area contributed by atoms with Crippen molar-refractivity contribution in [2.24, 2.45) is 0 Å². The first-order valence-electron chi connectivity index (χ1n) is 6.27. The number of aromatic amines is 1. The average molecular weight is 345 g/mol. The Kier molecular flexibility index (Phi) is 4.03. The maximum atomic E-state index is 12.1. The third kappa shape index (κ3) is 3.30.